The van der Waals surface area contributed by atoms with Crippen molar-refractivity contribution in [1.29, 1.82) is 0 Å². The molecule has 9 aromatic rings. The van der Waals surface area contributed by atoms with E-state index in [1.807, 2.05) is 0 Å². The van der Waals surface area contributed by atoms with E-state index in [1.54, 1.807) is 0 Å². The lowest BCUT2D eigenvalue weighted by atomic mass is 9.69. The molecule has 0 N–H and O–H groups in total. The summed E-state index contributed by atoms with van der Waals surface area (Å²) in [6, 6.07) is 67.2. The minimum Gasteiger partial charge on any atom is -0.310 e. The molecule has 0 aliphatic heterocycles. The first-order valence-electron chi connectivity index (χ1n) is 20.5. The van der Waals surface area contributed by atoms with Crippen molar-refractivity contribution >= 4 is 62.6 Å². The van der Waals surface area contributed by atoms with Gasteiger partial charge in [-0.25, -0.2) is 0 Å². The van der Waals surface area contributed by atoms with Gasteiger partial charge in [-0.05, 0) is 113 Å². The largest absolute Gasteiger partial charge is 0.310 e. The van der Waals surface area contributed by atoms with E-state index in [9.17, 15) is 0 Å². The Balaban J connectivity index is 1.33. The van der Waals surface area contributed by atoms with Gasteiger partial charge in [-0.1, -0.05) is 184 Å². The van der Waals surface area contributed by atoms with E-state index < -0.39 is 13.5 Å². The number of hydrogen-bond donors (Lipinski definition) is 0. The molecule has 2 heteroatoms. The van der Waals surface area contributed by atoms with E-state index >= 15 is 0 Å². The smallest absolute Gasteiger partial charge is 0.0775 e. The van der Waals surface area contributed by atoms with Crippen molar-refractivity contribution in [3.63, 3.8) is 0 Å². The molecule has 0 bridgehead atoms. The van der Waals surface area contributed by atoms with Gasteiger partial charge in [0.15, 0.2) is 0 Å². The third kappa shape index (κ3) is 4.74. The summed E-state index contributed by atoms with van der Waals surface area (Å²) in [5.41, 5.74) is 15.2. The molecule has 1 nitrogen and oxygen atoms in total. The zero-order chi connectivity index (χ0) is 38.6. The fraction of sp³-hybridized carbons (Fsp3) is 0.127. The molecule has 0 unspecified atom stereocenters. The highest BCUT2D eigenvalue weighted by Crippen LogP contribution is 2.67. The molecular formula is C55H45NSi. The van der Waals surface area contributed by atoms with E-state index in [-0.39, 0.29) is 0 Å². The molecule has 0 heterocycles. The highest BCUT2D eigenvalue weighted by atomic mass is 28.3. The SMILES string of the molecule is CC(C)c1ccc(N(c2ccc([Si](C)(C)C)cc2)c2cc3c(c4ccccc24)-c2c(c4ccccc4c4ccccc24)C32c3ccccc3-c3ccccc32)cc1. The summed E-state index contributed by atoms with van der Waals surface area (Å²) in [5, 5.41) is 9.24. The molecule has 0 aromatic heterocycles. The number of benzene rings is 9. The molecule has 0 saturated heterocycles. The summed E-state index contributed by atoms with van der Waals surface area (Å²) < 4.78 is 0. The van der Waals surface area contributed by atoms with Gasteiger partial charge in [0.05, 0.1) is 19.2 Å². The summed E-state index contributed by atoms with van der Waals surface area (Å²) in [5.74, 6) is 0.454. The first-order valence-corrected chi connectivity index (χ1v) is 24.0. The van der Waals surface area contributed by atoms with Gasteiger partial charge in [0.2, 0.25) is 0 Å². The molecule has 9 aromatic carbocycles. The molecule has 0 saturated carbocycles. The Kier molecular flexibility index (Phi) is 7.40. The maximum absolute atomic E-state index is 2.59. The summed E-state index contributed by atoms with van der Waals surface area (Å²) in [4.78, 5) is 2.53. The molecule has 11 rings (SSSR count). The first-order chi connectivity index (χ1) is 27.8. The normalized spacial score (nSPS) is 13.6. The fourth-order valence-electron chi connectivity index (χ4n) is 10.4. The maximum atomic E-state index is 2.59. The van der Waals surface area contributed by atoms with E-state index in [0.29, 0.717) is 5.92 Å². The average Bonchev–Trinajstić information content (AvgIpc) is 3.72. The second-order valence-corrected chi connectivity index (χ2v) is 22.5. The second-order valence-electron chi connectivity index (χ2n) is 17.4. The van der Waals surface area contributed by atoms with Crippen molar-refractivity contribution in [2.45, 2.75) is 44.8 Å². The Morgan fingerprint density at radius 3 is 1.46 bits per heavy atom. The first kappa shape index (κ1) is 34.1. The van der Waals surface area contributed by atoms with Crippen molar-refractivity contribution < 1.29 is 0 Å². The predicted molar refractivity (Wildman–Crippen MR) is 247 cm³/mol. The summed E-state index contributed by atoms with van der Waals surface area (Å²) >= 11 is 0. The van der Waals surface area contributed by atoms with Crippen LogP contribution in [0.2, 0.25) is 19.6 Å². The quantitative estimate of drug-likeness (QED) is 0.125. The van der Waals surface area contributed by atoms with Gasteiger partial charge in [-0.2, -0.15) is 0 Å². The molecule has 0 fully saturated rings. The fourth-order valence-corrected chi connectivity index (χ4v) is 11.5. The Bertz CT molecular complexity index is 3030. The molecule has 274 valence electrons. The van der Waals surface area contributed by atoms with E-state index in [4.69, 9.17) is 0 Å². The van der Waals surface area contributed by atoms with Gasteiger partial charge in [0.1, 0.15) is 0 Å². The van der Waals surface area contributed by atoms with Crippen LogP contribution in [0.25, 0.3) is 54.6 Å². The van der Waals surface area contributed by atoms with Crippen molar-refractivity contribution in [3.8, 4) is 22.3 Å². The van der Waals surface area contributed by atoms with E-state index in [2.05, 4.69) is 214 Å². The van der Waals surface area contributed by atoms with Gasteiger partial charge in [-0.15, -0.1) is 0 Å². The van der Waals surface area contributed by atoms with Crippen LogP contribution in [-0.2, 0) is 5.41 Å². The summed E-state index contributed by atoms with van der Waals surface area (Å²) in [6.07, 6.45) is 0. The minimum absolute atomic E-state index is 0.454. The van der Waals surface area contributed by atoms with Crippen LogP contribution in [0, 0.1) is 0 Å². The second kappa shape index (κ2) is 12.4. The third-order valence-corrected chi connectivity index (χ3v) is 15.1. The Hall–Kier alpha value is -6.22. The molecule has 0 atom stereocenters. The number of nitrogens with zero attached hydrogens (tertiary/aromatic N) is 1. The van der Waals surface area contributed by atoms with Crippen LogP contribution in [-0.4, -0.2) is 8.07 Å². The summed E-state index contributed by atoms with van der Waals surface area (Å²) in [7, 11) is -1.52. The summed E-state index contributed by atoms with van der Waals surface area (Å²) in [6.45, 7) is 11.8. The predicted octanol–water partition coefficient (Wildman–Crippen LogP) is 14.6. The minimum atomic E-state index is -1.52. The maximum Gasteiger partial charge on any atom is 0.0775 e. The molecule has 57 heavy (non-hydrogen) atoms. The lowest BCUT2D eigenvalue weighted by molar-refractivity contribution is 0.802. The third-order valence-electron chi connectivity index (χ3n) is 13.0. The monoisotopic (exact) mass is 747 g/mol. The number of fused-ring (bicyclic) bond motifs is 17. The van der Waals surface area contributed by atoms with Gasteiger partial charge in [0.25, 0.3) is 0 Å². The van der Waals surface area contributed by atoms with Gasteiger partial charge >= 0.3 is 0 Å². The lowest BCUT2D eigenvalue weighted by Crippen LogP contribution is -2.37. The average molecular weight is 748 g/mol. The Morgan fingerprint density at radius 1 is 0.439 bits per heavy atom. The van der Waals surface area contributed by atoms with Crippen LogP contribution in [0.15, 0.2) is 176 Å². The van der Waals surface area contributed by atoms with Crippen molar-refractivity contribution in [3.05, 3.63) is 204 Å². The molecule has 0 radical (unpaired) electrons. The van der Waals surface area contributed by atoms with Crippen molar-refractivity contribution in [1.82, 2.24) is 0 Å². The highest BCUT2D eigenvalue weighted by Gasteiger charge is 2.53. The molecule has 2 aliphatic rings. The zero-order valence-electron chi connectivity index (χ0n) is 33.3. The van der Waals surface area contributed by atoms with Crippen LogP contribution in [0.3, 0.4) is 0 Å². The van der Waals surface area contributed by atoms with Gasteiger partial charge in [-0.3, -0.25) is 0 Å². The van der Waals surface area contributed by atoms with E-state index in [0.717, 1.165) is 5.69 Å². The zero-order valence-corrected chi connectivity index (χ0v) is 34.3. The van der Waals surface area contributed by atoms with Crippen LogP contribution in [0.4, 0.5) is 17.1 Å². The lowest BCUT2D eigenvalue weighted by Gasteiger charge is -2.34. The Morgan fingerprint density at radius 2 is 0.895 bits per heavy atom. The molecule has 2 aliphatic carbocycles. The molecular weight excluding hydrogens is 703 g/mol. The number of hydrogen-bond acceptors (Lipinski definition) is 1. The van der Waals surface area contributed by atoms with Crippen molar-refractivity contribution in [2.24, 2.45) is 0 Å². The van der Waals surface area contributed by atoms with E-state index in [1.165, 1.54) is 98.9 Å². The van der Waals surface area contributed by atoms with Crippen LogP contribution >= 0.6 is 0 Å². The Labute approximate surface area is 336 Å². The van der Waals surface area contributed by atoms with Crippen molar-refractivity contribution in [2.75, 3.05) is 4.90 Å². The van der Waals surface area contributed by atoms with Crippen LogP contribution in [0.1, 0.15) is 47.6 Å². The van der Waals surface area contributed by atoms with Gasteiger partial charge in [0, 0.05) is 16.8 Å². The number of anilines is 3. The molecule has 1 spiro atoms. The molecule has 0 amide bonds. The van der Waals surface area contributed by atoms with Crippen LogP contribution in [0.5, 0.6) is 0 Å². The highest BCUT2D eigenvalue weighted by molar-refractivity contribution is 6.88. The topological polar surface area (TPSA) is 3.24 Å². The van der Waals surface area contributed by atoms with Gasteiger partial charge < -0.3 is 4.90 Å². The van der Waals surface area contributed by atoms with Crippen LogP contribution < -0.4 is 10.1 Å². The number of rotatable bonds is 5. The standard InChI is InChI=1S/C55H45NSi/c1-35(2)36-26-28-37(29-27-36)56(38-30-32-39(33-31-38)57(3,4)5)51-34-50-52(46-22-10-8-20-44(46)51)53-45-21-9-6-16-40(45)41-17-7-11-23-47(41)54(53)55(50)48-24-14-12-18-42(48)43-19-13-15-25-49(43)55/h6-35H,1-5H3.